The van der Waals surface area contributed by atoms with E-state index in [9.17, 15) is 5.26 Å². The lowest BCUT2D eigenvalue weighted by Crippen LogP contribution is -2.32. The third-order valence-corrected chi connectivity index (χ3v) is 8.59. The summed E-state index contributed by atoms with van der Waals surface area (Å²) in [6.07, 6.45) is 4.92. The minimum atomic E-state index is 0.498. The van der Waals surface area contributed by atoms with Crippen molar-refractivity contribution in [2.45, 2.75) is 39.5 Å². The Morgan fingerprint density at radius 3 is 2.74 bits per heavy atom. The van der Waals surface area contributed by atoms with E-state index in [1.807, 2.05) is 19.3 Å². The monoisotopic (exact) mass is 485 g/mol. The molecule has 0 radical (unpaired) electrons. The van der Waals surface area contributed by atoms with Crippen molar-refractivity contribution in [2.24, 2.45) is 0 Å². The lowest BCUT2D eigenvalue weighted by atomic mass is 9.90. The zero-order valence-electron chi connectivity index (χ0n) is 20.3. The van der Waals surface area contributed by atoms with Gasteiger partial charge in [-0.25, -0.2) is 9.97 Å². The van der Waals surface area contributed by atoms with Crippen LogP contribution in [0, 0.1) is 25.2 Å². The van der Waals surface area contributed by atoms with Crippen LogP contribution in [0.5, 0.6) is 0 Å². The first-order chi connectivity index (χ1) is 16.9. The molecule has 1 aromatic carbocycles. The van der Waals surface area contributed by atoms with Crippen LogP contribution in [0.25, 0.3) is 32.2 Å². The molecule has 0 saturated carbocycles. The van der Waals surface area contributed by atoms with E-state index in [2.05, 4.69) is 36.9 Å². The Kier molecular flexibility index (Phi) is 5.14. The normalized spacial score (nSPS) is 17.6. The number of pyridine rings is 1. The van der Waals surface area contributed by atoms with Crippen molar-refractivity contribution in [2.75, 3.05) is 37.8 Å². The van der Waals surface area contributed by atoms with Crippen LogP contribution in [0.4, 0.5) is 10.9 Å². The highest BCUT2D eigenvalue weighted by molar-refractivity contribution is 7.23. The first kappa shape index (κ1) is 22.2. The quantitative estimate of drug-likeness (QED) is 0.462. The van der Waals surface area contributed by atoms with Crippen molar-refractivity contribution in [3.63, 3.8) is 0 Å². The maximum absolute atomic E-state index is 9.91. The number of benzene rings is 1. The van der Waals surface area contributed by atoms with Crippen LogP contribution in [0.3, 0.4) is 0 Å². The van der Waals surface area contributed by atoms with Gasteiger partial charge in [0.1, 0.15) is 11.1 Å². The number of nitrogen functional groups attached to an aromatic ring is 1. The molecule has 178 valence electrons. The summed E-state index contributed by atoms with van der Waals surface area (Å²) in [6, 6.07) is 2.82. The van der Waals surface area contributed by atoms with E-state index < -0.39 is 0 Å². The number of nitrogens with two attached hydrogens (primary N) is 1. The molecule has 0 bridgehead atoms. The summed E-state index contributed by atoms with van der Waals surface area (Å²) < 4.78 is 6.93. The van der Waals surface area contributed by atoms with Crippen molar-refractivity contribution < 1.29 is 4.74 Å². The van der Waals surface area contributed by atoms with Crippen LogP contribution < -0.4 is 10.6 Å². The molecule has 2 aliphatic heterocycles. The van der Waals surface area contributed by atoms with Gasteiger partial charge in [0.25, 0.3) is 0 Å². The zero-order chi connectivity index (χ0) is 24.4. The highest BCUT2D eigenvalue weighted by Gasteiger charge is 2.30. The lowest BCUT2D eigenvalue weighted by molar-refractivity contribution is 0.135. The smallest absolute Gasteiger partial charge is 0.225 e. The third-order valence-electron chi connectivity index (χ3n) is 7.43. The summed E-state index contributed by atoms with van der Waals surface area (Å²) >= 11 is 1.45. The summed E-state index contributed by atoms with van der Waals surface area (Å²) in [7, 11) is 4.24. The first-order valence-corrected chi connectivity index (χ1v) is 12.6. The first-order valence-electron chi connectivity index (χ1n) is 11.8. The van der Waals surface area contributed by atoms with Gasteiger partial charge >= 0.3 is 0 Å². The molecule has 6 rings (SSSR count). The predicted octanol–water partition coefficient (Wildman–Crippen LogP) is 4.15. The number of likely N-dealkylation sites (N-methyl/N-ethyl adjacent to an activating group) is 1. The molecule has 1 saturated heterocycles. The molecule has 4 aromatic rings. The number of anilines is 2. The number of thiophene rings is 1. The van der Waals surface area contributed by atoms with Crippen LogP contribution in [0.15, 0.2) is 12.4 Å². The molecule has 9 heteroatoms. The van der Waals surface area contributed by atoms with E-state index in [0.717, 1.165) is 80.0 Å². The van der Waals surface area contributed by atoms with Crippen molar-refractivity contribution in [3.8, 4) is 17.3 Å². The highest BCUT2D eigenvalue weighted by atomic mass is 32.1. The minimum absolute atomic E-state index is 0.498. The summed E-state index contributed by atoms with van der Waals surface area (Å²) in [5.41, 5.74) is 13.7. The van der Waals surface area contributed by atoms with Gasteiger partial charge in [0, 0.05) is 52.6 Å². The largest absolute Gasteiger partial charge is 0.389 e. The number of ether oxygens (including phenoxy) is 1. The Labute approximate surface area is 208 Å². The van der Waals surface area contributed by atoms with Crippen LogP contribution in [0.1, 0.15) is 34.2 Å². The van der Waals surface area contributed by atoms with E-state index in [4.69, 9.17) is 25.4 Å². The molecule has 0 unspecified atom stereocenters. The molecule has 3 aromatic heterocycles. The number of hydrogen-bond acceptors (Lipinski definition) is 9. The molecular formula is C26H27N7OS. The molecule has 5 heterocycles. The molecule has 2 N–H and O–H groups in total. The van der Waals surface area contributed by atoms with Gasteiger partial charge in [0.15, 0.2) is 0 Å². The Morgan fingerprint density at radius 2 is 2.00 bits per heavy atom. The second kappa shape index (κ2) is 8.12. The SMILES string of the molecule is Cc1c(-c2ncc(C)c3sc(N)c(C#N)c23)c2c(c3cnc(N4CC[C@H](N(C)C)C4)nc13)COC2. The maximum Gasteiger partial charge on any atom is 0.225 e. The number of nitrogens with zero attached hydrogens (tertiary/aromatic N) is 6. The average Bonchev–Trinajstić information content (AvgIpc) is 3.59. The number of aryl methyl sites for hydroxylation is 2. The number of nitriles is 1. The number of hydrogen-bond donors (Lipinski definition) is 1. The fourth-order valence-corrected chi connectivity index (χ4v) is 6.46. The number of rotatable bonds is 3. The van der Waals surface area contributed by atoms with Gasteiger partial charge in [-0.05, 0) is 56.6 Å². The molecule has 0 amide bonds. The number of fused-ring (bicyclic) bond motifs is 4. The molecule has 2 aliphatic rings. The van der Waals surface area contributed by atoms with E-state index in [0.29, 0.717) is 29.8 Å². The maximum atomic E-state index is 9.91. The second-order valence-corrected chi connectivity index (χ2v) is 10.7. The zero-order valence-corrected chi connectivity index (χ0v) is 21.2. The van der Waals surface area contributed by atoms with Gasteiger partial charge < -0.3 is 20.3 Å². The van der Waals surface area contributed by atoms with Gasteiger partial charge in [-0.1, -0.05) is 0 Å². The molecule has 1 atom stereocenters. The second-order valence-electron chi connectivity index (χ2n) is 9.68. The van der Waals surface area contributed by atoms with Crippen LogP contribution in [-0.2, 0) is 18.0 Å². The van der Waals surface area contributed by atoms with Crippen molar-refractivity contribution in [3.05, 3.63) is 40.2 Å². The summed E-state index contributed by atoms with van der Waals surface area (Å²) in [5.74, 6) is 0.759. The Hall–Kier alpha value is -3.32. The topological polar surface area (TPSA) is 104 Å². The van der Waals surface area contributed by atoms with Gasteiger partial charge in [0.2, 0.25) is 5.95 Å². The van der Waals surface area contributed by atoms with Crippen molar-refractivity contribution >= 4 is 43.3 Å². The standard InChI is InChI=1S/C26H27N7OS/c1-13-8-29-23(21-16(7-27)25(28)35-24(13)21)20-14(2)22-17(18-11-34-12-19(18)20)9-30-26(31-22)33-6-5-15(10-33)32(3)4/h8-9,15H,5-6,10-12,28H2,1-4H3/t15-/m0/s1. The lowest BCUT2D eigenvalue weighted by Gasteiger charge is -2.21. The Balaban J connectivity index is 1.60. The van der Waals surface area contributed by atoms with Gasteiger partial charge in [-0.3, -0.25) is 4.98 Å². The van der Waals surface area contributed by atoms with Crippen molar-refractivity contribution in [1.82, 2.24) is 19.9 Å². The molecule has 8 nitrogen and oxygen atoms in total. The van der Waals surface area contributed by atoms with Crippen LogP contribution in [0.2, 0.25) is 0 Å². The summed E-state index contributed by atoms with van der Waals surface area (Å²) in [6.45, 7) is 6.97. The molecule has 0 aliphatic carbocycles. The minimum Gasteiger partial charge on any atom is -0.389 e. The highest BCUT2D eigenvalue weighted by Crippen LogP contribution is 2.45. The summed E-state index contributed by atoms with van der Waals surface area (Å²) in [5, 5.41) is 12.3. The van der Waals surface area contributed by atoms with E-state index >= 15 is 0 Å². The van der Waals surface area contributed by atoms with Gasteiger partial charge in [0.05, 0.1) is 30.0 Å². The summed E-state index contributed by atoms with van der Waals surface area (Å²) in [4.78, 5) is 19.2. The van der Waals surface area contributed by atoms with Gasteiger partial charge in [-0.2, -0.15) is 5.26 Å². The average molecular weight is 486 g/mol. The fourth-order valence-electron chi connectivity index (χ4n) is 5.47. The van der Waals surface area contributed by atoms with E-state index in [-0.39, 0.29) is 0 Å². The number of aromatic nitrogens is 3. The molecule has 35 heavy (non-hydrogen) atoms. The van der Waals surface area contributed by atoms with E-state index in [1.165, 1.54) is 11.3 Å². The molecule has 1 fully saturated rings. The predicted molar refractivity (Wildman–Crippen MR) is 140 cm³/mol. The Morgan fingerprint density at radius 1 is 1.20 bits per heavy atom. The molecular weight excluding hydrogens is 458 g/mol. The van der Waals surface area contributed by atoms with Gasteiger partial charge in [-0.15, -0.1) is 11.3 Å². The van der Waals surface area contributed by atoms with E-state index in [1.54, 1.807) is 0 Å². The fraction of sp³-hybridized carbons (Fsp3) is 0.385. The van der Waals surface area contributed by atoms with Crippen molar-refractivity contribution in [1.29, 1.82) is 5.26 Å². The van der Waals surface area contributed by atoms with Crippen LogP contribution in [-0.4, -0.2) is 53.1 Å². The third kappa shape index (κ3) is 3.28. The molecule has 0 spiro atoms. The van der Waals surface area contributed by atoms with Crippen LogP contribution >= 0.6 is 11.3 Å². The Bertz CT molecular complexity index is 1550.